The first-order valence-corrected chi connectivity index (χ1v) is 13.1. The third-order valence-electron chi connectivity index (χ3n) is 6.58. The van der Waals surface area contributed by atoms with Crippen molar-refractivity contribution in [2.75, 3.05) is 26.2 Å². The molecule has 0 atom stereocenters. The molecule has 32 heavy (non-hydrogen) atoms. The Bertz CT molecular complexity index is 1050. The fourth-order valence-corrected chi connectivity index (χ4v) is 6.04. The Morgan fingerprint density at radius 1 is 1.03 bits per heavy atom. The van der Waals surface area contributed by atoms with Crippen molar-refractivity contribution in [1.29, 1.82) is 0 Å². The van der Waals surface area contributed by atoms with Crippen LogP contribution in [-0.4, -0.2) is 55.8 Å². The fourth-order valence-electron chi connectivity index (χ4n) is 4.57. The van der Waals surface area contributed by atoms with Gasteiger partial charge in [0.1, 0.15) is 0 Å². The first kappa shape index (κ1) is 23.0. The molecule has 6 nitrogen and oxygen atoms in total. The molecule has 0 aromatic heterocycles. The lowest BCUT2D eigenvalue weighted by atomic mass is 10.0. The lowest BCUT2D eigenvalue weighted by Gasteiger charge is -2.32. The van der Waals surface area contributed by atoms with E-state index in [0.717, 1.165) is 38.0 Å². The number of piperidine rings is 1. The van der Waals surface area contributed by atoms with E-state index in [-0.39, 0.29) is 16.8 Å². The summed E-state index contributed by atoms with van der Waals surface area (Å²) in [5.41, 5.74) is 2.64. The Kier molecular flexibility index (Phi) is 7.28. The van der Waals surface area contributed by atoms with Crippen molar-refractivity contribution in [1.82, 2.24) is 14.5 Å². The number of amides is 1. The first-order chi connectivity index (χ1) is 15.5. The van der Waals surface area contributed by atoms with Crippen LogP contribution < -0.4 is 5.32 Å². The number of hydrogen-bond donors (Lipinski definition) is 1. The molecule has 2 aromatic rings. The molecule has 2 aromatic carbocycles. The maximum Gasteiger partial charge on any atom is 0.251 e. The van der Waals surface area contributed by atoms with Crippen LogP contribution >= 0.6 is 0 Å². The molecule has 2 aliphatic rings. The average molecular weight is 456 g/mol. The number of hydrogen-bond acceptors (Lipinski definition) is 4. The number of carbonyl (C=O) groups excluding carboxylic acids is 1. The molecule has 0 saturated carbocycles. The van der Waals surface area contributed by atoms with Gasteiger partial charge in [-0.15, -0.1) is 0 Å². The molecule has 1 fully saturated rings. The highest BCUT2D eigenvalue weighted by Crippen LogP contribution is 2.25. The predicted molar refractivity (Wildman–Crippen MR) is 126 cm³/mol. The molecule has 0 unspecified atom stereocenters. The average Bonchev–Trinajstić information content (AvgIpc) is 2.83. The summed E-state index contributed by atoms with van der Waals surface area (Å²) >= 11 is 0. The van der Waals surface area contributed by atoms with Crippen molar-refractivity contribution in [3.63, 3.8) is 0 Å². The highest BCUT2D eigenvalue weighted by atomic mass is 32.2. The number of rotatable bonds is 7. The Labute approximate surface area is 191 Å². The topological polar surface area (TPSA) is 69.7 Å². The molecule has 7 heteroatoms. The van der Waals surface area contributed by atoms with E-state index >= 15 is 0 Å². The van der Waals surface area contributed by atoms with Crippen LogP contribution in [0.4, 0.5) is 0 Å². The van der Waals surface area contributed by atoms with Gasteiger partial charge in [0.2, 0.25) is 10.0 Å². The smallest absolute Gasteiger partial charge is 0.251 e. The summed E-state index contributed by atoms with van der Waals surface area (Å²) in [6.45, 7) is 6.13. The largest absolute Gasteiger partial charge is 0.349 e. The van der Waals surface area contributed by atoms with Crippen molar-refractivity contribution >= 4 is 15.9 Å². The molecular weight excluding hydrogens is 422 g/mol. The minimum absolute atomic E-state index is 0.138. The maximum atomic E-state index is 13.3. The van der Waals surface area contributed by atoms with Crippen LogP contribution in [0.1, 0.15) is 54.1 Å². The van der Waals surface area contributed by atoms with E-state index in [2.05, 4.69) is 23.2 Å². The van der Waals surface area contributed by atoms with Crippen LogP contribution in [0.15, 0.2) is 53.4 Å². The summed E-state index contributed by atoms with van der Waals surface area (Å²) < 4.78 is 28.1. The van der Waals surface area contributed by atoms with Crippen LogP contribution in [0.5, 0.6) is 0 Å². The second-order valence-corrected chi connectivity index (χ2v) is 10.8. The van der Waals surface area contributed by atoms with Gasteiger partial charge in [0, 0.05) is 37.8 Å². The highest BCUT2D eigenvalue weighted by molar-refractivity contribution is 7.89. The zero-order valence-electron chi connectivity index (χ0n) is 18.8. The summed E-state index contributed by atoms with van der Waals surface area (Å²) in [4.78, 5) is 15.5. The zero-order chi connectivity index (χ0) is 22.6. The van der Waals surface area contributed by atoms with E-state index in [1.54, 1.807) is 18.2 Å². The van der Waals surface area contributed by atoms with Gasteiger partial charge in [0.25, 0.3) is 5.91 Å². The SMILES string of the molecule is CCCCN1CCC(NC(=O)c2cccc(S(=O)(=O)N3CCc4ccccc4C3)c2)CC1. The highest BCUT2D eigenvalue weighted by Gasteiger charge is 2.29. The molecule has 172 valence electrons. The van der Waals surface area contributed by atoms with E-state index in [1.807, 2.05) is 18.2 Å². The van der Waals surface area contributed by atoms with Crippen molar-refractivity contribution in [3.05, 3.63) is 65.2 Å². The number of nitrogens with zero attached hydrogens (tertiary/aromatic N) is 2. The van der Waals surface area contributed by atoms with Gasteiger partial charge in [0.15, 0.2) is 0 Å². The maximum absolute atomic E-state index is 13.3. The Morgan fingerprint density at radius 3 is 2.53 bits per heavy atom. The number of benzene rings is 2. The van der Waals surface area contributed by atoms with Gasteiger partial charge in [-0.3, -0.25) is 4.79 Å². The van der Waals surface area contributed by atoms with Gasteiger partial charge in [-0.05, 0) is 61.6 Å². The quantitative estimate of drug-likeness (QED) is 0.695. The van der Waals surface area contributed by atoms with Gasteiger partial charge in [0.05, 0.1) is 4.90 Å². The number of likely N-dealkylation sites (tertiary alicyclic amines) is 1. The second kappa shape index (κ2) is 10.1. The molecule has 1 N–H and O–H groups in total. The molecule has 0 spiro atoms. The summed E-state index contributed by atoms with van der Waals surface area (Å²) in [5, 5.41) is 3.11. The van der Waals surface area contributed by atoms with Crippen molar-refractivity contribution in [3.8, 4) is 0 Å². The van der Waals surface area contributed by atoms with Crippen LogP contribution in [0.3, 0.4) is 0 Å². The van der Waals surface area contributed by atoms with E-state index in [0.29, 0.717) is 25.1 Å². The molecule has 0 aliphatic carbocycles. The van der Waals surface area contributed by atoms with E-state index in [4.69, 9.17) is 0 Å². The van der Waals surface area contributed by atoms with Crippen molar-refractivity contribution in [2.45, 2.75) is 56.5 Å². The minimum atomic E-state index is -3.66. The molecule has 2 aliphatic heterocycles. The molecule has 4 rings (SSSR count). The van der Waals surface area contributed by atoms with Crippen LogP contribution in [-0.2, 0) is 23.0 Å². The van der Waals surface area contributed by atoms with Gasteiger partial charge >= 0.3 is 0 Å². The molecule has 0 radical (unpaired) electrons. The number of carbonyl (C=O) groups is 1. The standard InChI is InChI=1S/C25H33N3O3S/c1-2-3-14-27-15-12-23(13-16-27)26-25(29)21-9-6-10-24(18-21)32(30,31)28-17-11-20-7-4-5-8-22(20)19-28/h4-10,18,23H,2-3,11-17,19H2,1H3,(H,26,29). The van der Waals surface area contributed by atoms with Crippen LogP contribution in [0.25, 0.3) is 0 Å². The van der Waals surface area contributed by atoms with Gasteiger partial charge < -0.3 is 10.2 Å². The second-order valence-electron chi connectivity index (χ2n) is 8.83. The number of nitrogens with one attached hydrogen (secondary N) is 1. The Balaban J connectivity index is 1.40. The molecule has 1 amide bonds. The number of unbranched alkanes of at least 4 members (excludes halogenated alkanes) is 1. The normalized spacial score (nSPS) is 18.3. The molecule has 0 bridgehead atoms. The molecule has 1 saturated heterocycles. The lowest BCUT2D eigenvalue weighted by molar-refractivity contribution is 0.0910. The monoisotopic (exact) mass is 455 g/mol. The van der Waals surface area contributed by atoms with Crippen LogP contribution in [0.2, 0.25) is 0 Å². The lowest BCUT2D eigenvalue weighted by Crippen LogP contribution is -2.44. The van der Waals surface area contributed by atoms with E-state index in [1.165, 1.54) is 28.8 Å². The summed E-state index contributed by atoms with van der Waals surface area (Å²) in [6, 6.07) is 14.5. The molecule has 2 heterocycles. The van der Waals surface area contributed by atoms with E-state index in [9.17, 15) is 13.2 Å². The predicted octanol–water partition coefficient (Wildman–Crippen LogP) is 3.43. The van der Waals surface area contributed by atoms with Gasteiger partial charge in [-0.1, -0.05) is 43.7 Å². The number of fused-ring (bicyclic) bond motifs is 1. The third kappa shape index (κ3) is 5.22. The summed E-state index contributed by atoms with van der Waals surface area (Å²) in [6.07, 6.45) is 4.97. The van der Waals surface area contributed by atoms with Crippen molar-refractivity contribution in [2.24, 2.45) is 0 Å². The van der Waals surface area contributed by atoms with Gasteiger partial charge in [-0.25, -0.2) is 8.42 Å². The number of sulfonamides is 1. The summed E-state index contributed by atoms with van der Waals surface area (Å²) in [5.74, 6) is -0.196. The van der Waals surface area contributed by atoms with E-state index < -0.39 is 10.0 Å². The zero-order valence-corrected chi connectivity index (χ0v) is 19.6. The van der Waals surface area contributed by atoms with Crippen molar-refractivity contribution < 1.29 is 13.2 Å². The summed E-state index contributed by atoms with van der Waals surface area (Å²) in [7, 11) is -3.66. The molecular formula is C25H33N3O3S. The Morgan fingerprint density at radius 2 is 1.78 bits per heavy atom. The Hall–Kier alpha value is -2.22. The third-order valence-corrected chi connectivity index (χ3v) is 8.42. The first-order valence-electron chi connectivity index (χ1n) is 11.7. The van der Waals surface area contributed by atoms with Gasteiger partial charge in [-0.2, -0.15) is 4.31 Å². The fraction of sp³-hybridized carbons (Fsp3) is 0.480. The minimum Gasteiger partial charge on any atom is -0.349 e. The van der Waals surface area contributed by atoms with Crippen LogP contribution in [0, 0.1) is 0 Å².